The molecule has 0 bridgehead atoms. The number of hydrogen-bond acceptors (Lipinski definition) is 6. The highest BCUT2D eigenvalue weighted by Crippen LogP contribution is 2.64. The Labute approximate surface area is 208 Å². The Hall–Kier alpha value is -1.57. The van der Waals surface area contributed by atoms with E-state index in [1.807, 2.05) is 6.92 Å². The number of hydrogen-bond donors (Lipinski definition) is 1. The molecule has 1 heterocycles. The Morgan fingerprint density at radius 3 is 2.34 bits per heavy atom. The molecule has 0 radical (unpaired) electrons. The Morgan fingerprint density at radius 1 is 1.00 bits per heavy atom. The Balaban J connectivity index is 1.42. The van der Waals surface area contributed by atoms with Crippen LogP contribution in [-0.4, -0.2) is 42.8 Å². The van der Waals surface area contributed by atoms with E-state index in [2.05, 4.69) is 31.2 Å². The average molecular weight is 483 g/mol. The summed E-state index contributed by atoms with van der Waals surface area (Å²) in [5, 5.41) is 12.0. The van der Waals surface area contributed by atoms with Gasteiger partial charge in [-0.25, -0.2) is 0 Å². The van der Waals surface area contributed by atoms with Gasteiger partial charge in [0.15, 0.2) is 18.4 Å². The molecule has 4 fully saturated rings. The van der Waals surface area contributed by atoms with Gasteiger partial charge in [0.2, 0.25) is 0 Å². The van der Waals surface area contributed by atoms with Gasteiger partial charge in [0.25, 0.3) is 0 Å². The summed E-state index contributed by atoms with van der Waals surface area (Å²) in [4.78, 5) is 13.2. The van der Waals surface area contributed by atoms with E-state index in [4.69, 9.17) is 18.9 Å². The molecule has 1 N–H and O–H groups in total. The molecule has 6 rings (SSSR count). The van der Waals surface area contributed by atoms with Gasteiger partial charge in [0.1, 0.15) is 5.78 Å². The van der Waals surface area contributed by atoms with Crippen LogP contribution in [0.25, 0.3) is 0 Å². The summed E-state index contributed by atoms with van der Waals surface area (Å²) >= 11 is 0. The van der Waals surface area contributed by atoms with Crippen LogP contribution in [0.3, 0.4) is 0 Å². The van der Waals surface area contributed by atoms with E-state index in [-0.39, 0.29) is 23.9 Å². The fourth-order valence-corrected chi connectivity index (χ4v) is 8.17. The smallest absolute Gasteiger partial charge is 0.189 e. The van der Waals surface area contributed by atoms with Gasteiger partial charge in [-0.15, -0.1) is 0 Å². The third-order valence-electron chi connectivity index (χ3n) is 10.1. The quantitative estimate of drug-likeness (QED) is 0.472. The molecule has 0 spiro atoms. The van der Waals surface area contributed by atoms with Gasteiger partial charge in [0, 0.05) is 50.4 Å². The van der Waals surface area contributed by atoms with Crippen molar-refractivity contribution >= 4 is 5.78 Å². The first kappa shape index (κ1) is 23.8. The highest BCUT2D eigenvalue weighted by molar-refractivity contribution is 5.87. The van der Waals surface area contributed by atoms with E-state index >= 15 is 0 Å². The number of rotatable bonds is 4. The van der Waals surface area contributed by atoms with Crippen LogP contribution in [0.5, 0.6) is 0 Å². The summed E-state index contributed by atoms with van der Waals surface area (Å²) in [7, 11) is 3.35. The summed E-state index contributed by atoms with van der Waals surface area (Å²) in [6, 6.07) is 8.53. The summed E-state index contributed by atoms with van der Waals surface area (Å²) in [5.74, 6) is 0.513. The van der Waals surface area contributed by atoms with Crippen LogP contribution < -0.4 is 0 Å². The van der Waals surface area contributed by atoms with E-state index in [1.54, 1.807) is 14.2 Å². The van der Waals surface area contributed by atoms with E-state index < -0.39 is 11.4 Å². The fraction of sp³-hybridized carbons (Fsp3) is 0.690. The summed E-state index contributed by atoms with van der Waals surface area (Å²) in [5.41, 5.74) is 3.60. The molecule has 0 unspecified atom stereocenters. The lowest BCUT2D eigenvalue weighted by molar-refractivity contribution is -0.382. The summed E-state index contributed by atoms with van der Waals surface area (Å²) in [6.45, 7) is 4.10. The molecule has 4 aliphatic carbocycles. The first-order chi connectivity index (χ1) is 16.7. The van der Waals surface area contributed by atoms with Crippen LogP contribution in [0.2, 0.25) is 0 Å². The van der Waals surface area contributed by atoms with Crippen LogP contribution in [0, 0.1) is 17.3 Å². The van der Waals surface area contributed by atoms with Crippen molar-refractivity contribution in [2.24, 2.45) is 17.3 Å². The minimum atomic E-state index is -0.922. The molecule has 190 valence electrons. The minimum Gasteiger partial charge on any atom is -0.385 e. The number of methoxy groups -OCH3 is 2. The first-order valence-corrected chi connectivity index (χ1v) is 13.2. The van der Waals surface area contributed by atoms with Crippen LogP contribution in [0.1, 0.15) is 88.5 Å². The molecule has 1 aliphatic heterocycles. The molecule has 6 nitrogen and oxygen atoms in total. The number of aliphatic hydroxyl groups is 1. The van der Waals surface area contributed by atoms with Gasteiger partial charge in [-0.2, -0.15) is 0 Å². The third-order valence-corrected chi connectivity index (χ3v) is 10.1. The monoisotopic (exact) mass is 482 g/mol. The largest absolute Gasteiger partial charge is 0.385 e. The van der Waals surface area contributed by atoms with E-state index in [0.717, 1.165) is 37.7 Å². The van der Waals surface area contributed by atoms with E-state index in [0.29, 0.717) is 36.9 Å². The number of ketones is 1. The lowest BCUT2D eigenvalue weighted by Crippen LogP contribution is -2.54. The molecule has 5 aliphatic rings. The van der Waals surface area contributed by atoms with Crippen molar-refractivity contribution in [2.45, 2.75) is 95.1 Å². The van der Waals surface area contributed by atoms with Gasteiger partial charge < -0.3 is 24.1 Å². The van der Waals surface area contributed by atoms with Crippen LogP contribution >= 0.6 is 0 Å². The zero-order valence-corrected chi connectivity index (χ0v) is 21.3. The molecule has 1 aromatic carbocycles. The van der Waals surface area contributed by atoms with Crippen molar-refractivity contribution in [3.63, 3.8) is 0 Å². The topological polar surface area (TPSA) is 74.2 Å². The maximum atomic E-state index is 13.2. The normalized spacial score (nSPS) is 42.2. The molecule has 5 atom stereocenters. The second-order valence-corrected chi connectivity index (χ2v) is 11.7. The second kappa shape index (κ2) is 8.22. The second-order valence-electron chi connectivity index (χ2n) is 11.7. The Bertz CT molecular complexity index is 1040. The van der Waals surface area contributed by atoms with Crippen molar-refractivity contribution in [3.8, 4) is 0 Å². The number of fused-ring (bicyclic) bond motifs is 4. The third kappa shape index (κ3) is 3.51. The maximum absolute atomic E-state index is 13.2. The van der Waals surface area contributed by atoms with Crippen LogP contribution in [0.15, 0.2) is 35.4 Å². The Kier molecular flexibility index (Phi) is 5.59. The molecule has 6 heteroatoms. The molecule has 35 heavy (non-hydrogen) atoms. The summed E-state index contributed by atoms with van der Waals surface area (Å²) in [6.07, 6.45) is 5.56. The average Bonchev–Trinajstić information content (AvgIpc) is 3.14. The standard InChI is InChI=1S/C29H38O6/c1-17-34-26(35-17)19-7-5-18(6-8-19)21-15-27(2)22(9-10-24(27)30)20-11-13-28(31)16-29(32-3,33-4)14-12-23(28)25(20)21/h5-8,17,20-22,26,31H,9-16H2,1-4H3/t17?,20-,21+,22-,26?,27-,28+/m0/s1. The highest BCUT2D eigenvalue weighted by Gasteiger charge is 2.60. The van der Waals surface area contributed by atoms with Crippen molar-refractivity contribution in [1.29, 1.82) is 0 Å². The molecule has 1 aromatic rings. The van der Waals surface area contributed by atoms with Crippen LogP contribution in [-0.2, 0) is 23.7 Å². The van der Waals surface area contributed by atoms with E-state index in [9.17, 15) is 9.90 Å². The highest BCUT2D eigenvalue weighted by atomic mass is 16.9. The number of carbonyl (C=O) groups excluding carboxylic acids is 1. The number of allylic oxidation sites excluding steroid dienone is 1. The van der Waals surface area contributed by atoms with Crippen molar-refractivity contribution in [2.75, 3.05) is 14.2 Å². The maximum Gasteiger partial charge on any atom is 0.189 e. The van der Waals surface area contributed by atoms with Gasteiger partial charge in [-0.05, 0) is 62.0 Å². The van der Waals surface area contributed by atoms with E-state index in [1.165, 1.54) is 16.7 Å². The number of benzene rings is 1. The minimum absolute atomic E-state index is 0.124. The van der Waals surface area contributed by atoms with Crippen molar-refractivity contribution in [1.82, 2.24) is 0 Å². The van der Waals surface area contributed by atoms with Gasteiger partial charge >= 0.3 is 0 Å². The molecular weight excluding hydrogens is 444 g/mol. The molecule has 0 aromatic heterocycles. The zero-order valence-electron chi connectivity index (χ0n) is 21.3. The number of carbonyl (C=O) groups is 1. The van der Waals surface area contributed by atoms with Gasteiger partial charge in [-0.3, -0.25) is 4.79 Å². The first-order valence-electron chi connectivity index (χ1n) is 13.2. The lowest BCUT2D eigenvalue weighted by atomic mass is 9.51. The fourth-order valence-electron chi connectivity index (χ4n) is 8.17. The lowest BCUT2D eigenvalue weighted by Gasteiger charge is -2.55. The molecule has 1 saturated heterocycles. The molecular formula is C29H38O6. The van der Waals surface area contributed by atoms with Crippen molar-refractivity contribution < 1.29 is 28.8 Å². The van der Waals surface area contributed by atoms with Crippen molar-refractivity contribution in [3.05, 3.63) is 46.5 Å². The van der Waals surface area contributed by atoms with Crippen LogP contribution in [0.4, 0.5) is 0 Å². The predicted octanol–water partition coefficient (Wildman–Crippen LogP) is 5.16. The molecule has 3 saturated carbocycles. The van der Waals surface area contributed by atoms with Gasteiger partial charge in [-0.1, -0.05) is 36.8 Å². The SMILES string of the molecule is COC1(OC)CCC2=C3[C@@H](CC[C@@]2(O)C1)[C@@H]1CCC(=O)[C@@]1(C)C[C@@H]3c1ccc(C2OC(C)O2)cc1. The van der Waals surface area contributed by atoms with Gasteiger partial charge in [0.05, 0.1) is 5.60 Å². The Morgan fingerprint density at radius 2 is 1.69 bits per heavy atom. The molecule has 0 amide bonds. The predicted molar refractivity (Wildman–Crippen MR) is 129 cm³/mol. The summed E-state index contributed by atoms with van der Waals surface area (Å²) < 4.78 is 22.9. The number of ether oxygens (including phenoxy) is 4. The number of Topliss-reactive ketones (excluding diaryl/α,β-unsaturated/α-hetero) is 1. The zero-order chi connectivity index (χ0) is 24.6.